The van der Waals surface area contributed by atoms with E-state index in [1.807, 2.05) is 0 Å². The lowest BCUT2D eigenvalue weighted by atomic mass is 9.87. The van der Waals surface area contributed by atoms with Crippen LogP contribution in [0.4, 0.5) is 5.82 Å². The highest BCUT2D eigenvalue weighted by atomic mass is 79.9. The van der Waals surface area contributed by atoms with Crippen LogP contribution < -0.4 is 4.90 Å². The van der Waals surface area contributed by atoms with E-state index in [0.29, 0.717) is 5.92 Å². The minimum absolute atomic E-state index is 0.615. The maximum Gasteiger partial charge on any atom is 0.135 e. The monoisotopic (exact) mass is 323 g/mol. The summed E-state index contributed by atoms with van der Waals surface area (Å²) in [5.41, 5.74) is 0. The molecule has 0 unspecified atom stereocenters. The molecule has 1 aliphatic heterocycles. The zero-order valence-electron chi connectivity index (χ0n) is 11.8. The highest BCUT2D eigenvalue weighted by molar-refractivity contribution is 9.10. The smallest absolute Gasteiger partial charge is 0.135 e. The van der Waals surface area contributed by atoms with Gasteiger partial charge in [-0.15, -0.1) is 0 Å². The summed E-state index contributed by atoms with van der Waals surface area (Å²) in [6, 6.07) is 2.07. The number of anilines is 1. The molecule has 0 atom stereocenters. The van der Waals surface area contributed by atoms with Crippen molar-refractivity contribution in [3.8, 4) is 0 Å². The van der Waals surface area contributed by atoms with Gasteiger partial charge in [0.15, 0.2) is 0 Å². The largest absolute Gasteiger partial charge is 0.356 e. The minimum Gasteiger partial charge on any atom is -0.356 e. The highest BCUT2D eigenvalue weighted by Gasteiger charge is 2.28. The van der Waals surface area contributed by atoms with Crippen molar-refractivity contribution in [3.05, 3.63) is 16.5 Å². The first-order chi connectivity index (χ1) is 9.13. The zero-order valence-corrected chi connectivity index (χ0v) is 13.4. The maximum atomic E-state index is 4.77. The summed E-state index contributed by atoms with van der Waals surface area (Å²) >= 11 is 3.53. The van der Waals surface area contributed by atoms with Crippen molar-refractivity contribution in [1.82, 2.24) is 9.97 Å². The molecule has 3 rings (SSSR count). The SMILES string of the molecule is CC(C)C1CCN(c2cc(Br)nc(C3CC3)n2)CC1. The molecule has 104 valence electrons. The molecule has 0 spiro atoms. The molecule has 2 aliphatic rings. The van der Waals surface area contributed by atoms with E-state index in [4.69, 9.17) is 4.98 Å². The van der Waals surface area contributed by atoms with Crippen LogP contribution in [0.5, 0.6) is 0 Å². The van der Waals surface area contributed by atoms with Gasteiger partial charge in [0.2, 0.25) is 0 Å². The van der Waals surface area contributed by atoms with E-state index in [2.05, 4.69) is 45.7 Å². The van der Waals surface area contributed by atoms with Crippen LogP contribution in [0.1, 0.15) is 51.3 Å². The molecule has 1 aromatic rings. The van der Waals surface area contributed by atoms with E-state index in [0.717, 1.165) is 41.2 Å². The van der Waals surface area contributed by atoms with Gasteiger partial charge in [0.1, 0.15) is 16.2 Å². The molecule has 1 saturated heterocycles. The predicted octanol–water partition coefficient (Wildman–Crippen LogP) is 3.99. The number of halogens is 1. The molecule has 1 saturated carbocycles. The van der Waals surface area contributed by atoms with Crippen LogP contribution in [-0.4, -0.2) is 23.1 Å². The molecular weight excluding hydrogens is 302 g/mol. The Morgan fingerprint density at radius 1 is 1.16 bits per heavy atom. The number of piperidine rings is 1. The number of aromatic nitrogens is 2. The molecule has 3 nitrogen and oxygen atoms in total. The Balaban J connectivity index is 1.72. The third-order valence-electron chi connectivity index (χ3n) is 4.45. The second-order valence-corrected chi connectivity index (χ2v) is 7.06. The van der Waals surface area contributed by atoms with Crippen molar-refractivity contribution in [2.75, 3.05) is 18.0 Å². The van der Waals surface area contributed by atoms with Gasteiger partial charge in [0, 0.05) is 25.1 Å². The van der Waals surface area contributed by atoms with Gasteiger partial charge in [-0.2, -0.15) is 0 Å². The van der Waals surface area contributed by atoms with Crippen molar-refractivity contribution < 1.29 is 0 Å². The quantitative estimate of drug-likeness (QED) is 0.787. The molecule has 2 fully saturated rings. The predicted molar refractivity (Wildman–Crippen MR) is 81.5 cm³/mol. The van der Waals surface area contributed by atoms with Gasteiger partial charge in [-0.05, 0) is 53.4 Å². The fourth-order valence-corrected chi connectivity index (χ4v) is 3.29. The summed E-state index contributed by atoms with van der Waals surface area (Å²) in [7, 11) is 0. The first kappa shape index (κ1) is 13.3. The van der Waals surface area contributed by atoms with Crippen LogP contribution in [0.2, 0.25) is 0 Å². The van der Waals surface area contributed by atoms with E-state index < -0.39 is 0 Å². The molecular formula is C15H22BrN3. The first-order valence-corrected chi connectivity index (χ1v) is 8.22. The van der Waals surface area contributed by atoms with Crippen LogP contribution in [0.15, 0.2) is 10.7 Å². The number of hydrogen-bond donors (Lipinski definition) is 0. The number of hydrogen-bond acceptors (Lipinski definition) is 3. The number of nitrogens with zero attached hydrogens (tertiary/aromatic N) is 3. The molecule has 0 bridgehead atoms. The standard InChI is InChI=1S/C15H22BrN3/c1-10(2)11-5-7-19(8-6-11)14-9-13(16)17-15(18-14)12-3-4-12/h9-12H,3-8H2,1-2H3. The van der Waals surface area contributed by atoms with Crippen LogP contribution >= 0.6 is 15.9 Å². The summed E-state index contributed by atoms with van der Waals surface area (Å²) < 4.78 is 0.936. The van der Waals surface area contributed by atoms with Gasteiger partial charge >= 0.3 is 0 Å². The summed E-state index contributed by atoms with van der Waals surface area (Å²) in [5.74, 6) is 4.46. The minimum atomic E-state index is 0.615. The summed E-state index contributed by atoms with van der Waals surface area (Å²) in [4.78, 5) is 11.7. The van der Waals surface area contributed by atoms with Gasteiger partial charge in [-0.25, -0.2) is 9.97 Å². The lowest BCUT2D eigenvalue weighted by Gasteiger charge is -2.34. The Bertz CT molecular complexity index is 449. The maximum absolute atomic E-state index is 4.77. The van der Waals surface area contributed by atoms with Gasteiger partial charge in [-0.1, -0.05) is 13.8 Å². The fourth-order valence-electron chi connectivity index (χ4n) is 2.90. The molecule has 1 aromatic heterocycles. The normalized spacial score (nSPS) is 21.2. The fraction of sp³-hybridized carbons (Fsp3) is 0.733. The highest BCUT2D eigenvalue weighted by Crippen LogP contribution is 2.39. The van der Waals surface area contributed by atoms with Crippen LogP contribution in [-0.2, 0) is 0 Å². The van der Waals surface area contributed by atoms with Crippen LogP contribution in [0, 0.1) is 11.8 Å². The zero-order chi connectivity index (χ0) is 13.4. The molecule has 1 aliphatic carbocycles. The summed E-state index contributed by atoms with van der Waals surface area (Å²) in [6.45, 7) is 6.95. The van der Waals surface area contributed by atoms with Crippen molar-refractivity contribution in [1.29, 1.82) is 0 Å². The van der Waals surface area contributed by atoms with E-state index in [9.17, 15) is 0 Å². The average Bonchev–Trinajstić information content (AvgIpc) is 3.22. The third kappa shape index (κ3) is 3.10. The van der Waals surface area contributed by atoms with Gasteiger partial charge in [-0.3, -0.25) is 0 Å². The Morgan fingerprint density at radius 3 is 2.42 bits per heavy atom. The molecule has 0 radical (unpaired) electrons. The lowest BCUT2D eigenvalue weighted by molar-refractivity contribution is 0.310. The van der Waals surface area contributed by atoms with Crippen LogP contribution in [0.3, 0.4) is 0 Å². The van der Waals surface area contributed by atoms with Crippen molar-refractivity contribution in [2.45, 2.75) is 45.4 Å². The Morgan fingerprint density at radius 2 is 1.84 bits per heavy atom. The average molecular weight is 324 g/mol. The van der Waals surface area contributed by atoms with E-state index in [1.54, 1.807) is 0 Å². The van der Waals surface area contributed by atoms with E-state index in [-0.39, 0.29) is 0 Å². The molecule has 0 aromatic carbocycles. The first-order valence-electron chi connectivity index (χ1n) is 7.43. The second-order valence-electron chi connectivity index (χ2n) is 6.25. The summed E-state index contributed by atoms with van der Waals surface area (Å²) in [6.07, 6.45) is 5.09. The Hall–Kier alpha value is -0.640. The topological polar surface area (TPSA) is 29.0 Å². The Kier molecular flexibility index (Phi) is 3.79. The third-order valence-corrected chi connectivity index (χ3v) is 4.85. The Labute approximate surface area is 124 Å². The molecule has 4 heteroatoms. The van der Waals surface area contributed by atoms with E-state index in [1.165, 1.54) is 25.7 Å². The van der Waals surface area contributed by atoms with Crippen LogP contribution in [0.25, 0.3) is 0 Å². The van der Waals surface area contributed by atoms with Gasteiger partial charge < -0.3 is 4.90 Å². The molecule has 2 heterocycles. The molecule has 19 heavy (non-hydrogen) atoms. The molecule has 0 N–H and O–H groups in total. The van der Waals surface area contributed by atoms with Crippen molar-refractivity contribution >= 4 is 21.7 Å². The van der Waals surface area contributed by atoms with Gasteiger partial charge in [0.25, 0.3) is 0 Å². The van der Waals surface area contributed by atoms with Gasteiger partial charge in [0.05, 0.1) is 0 Å². The summed E-state index contributed by atoms with van der Waals surface area (Å²) in [5, 5.41) is 0. The van der Waals surface area contributed by atoms with Crippen molar-refractivity contribution in [2.24, 2.45) is 11.8 Å². The number of rotatable bonds is 3. The second kappa shape index (κ2) is 5.39. The van der Waals surface area contributed by atoms with Crippen molar-refractivity contribution in [3.63, 3.8) is 0 Å². The lowest BCUT2D eigenvalue weighted by Crippen LogP contribution is -2.35. The van der Waals surface area contributed by atoms with E-state index >= 15 is 0 Å². The molecule has 0 amide bonds.